The largest absolute Gasteiger partial charge is 0.314 e. The molecule has 5 heteroatoms. The van der Waals surface area contributed by atoms with Crippen LogP contribution in [0.25, 0.3) is 5.70 Å². The molecule has 2 rings (SSSR count). The Kier molecular flexibility index (Phi) is 3.40. The molecule has 0 bridgehead atoms. The lowest BCUT2D eigenvalue weighted by molar-refractivity contribution is -0.126. The van der Waals surface area contributed by atoms with Gasteiger partial charge in [0.2, 0.25) is 5.91 Å². The number of allylic oxidation sites excluding steroid dienone is 1. The zero-order valence-corrected chi connectivity index (χ0v) is 10.6. The van der Waals surface area contributed by atoms with Crippen LogP contribution in [0.3, 0.4) is 0 Å². The highest BCUT2D eigenvalue weighted by Crippen LogP contribution is 2.32. The Morgan fingerprint density at radius 1 is 1.47 bits per heavy atom. The van der Waals surface area contributed by atoms with Gasteiger partial charge in [0.25, 0.3) is 0 Å². The van der Waals surface area contributed by atoms with Gasteiger partial charge in [0.05, 0.1) is 16.3 Å². The molecular weight excluding hydrogens is 264 g/mol. The number of hydrogen-bond acceptors (Lipinski definition) is 1. The molecule has 0 spiro atoms. The summed E-state index contributed by atoms with van der Waals surface area (Å²) in [5, 5.41) is -0.307. The first-order chi connectivity index (χ1) is 8.02. The molecule has 1 atom stereocenters. The van der Waals surface area contributed by atoms with Crippen molar-refractivity contribution in [2.24, 2.45) is 0 Å². The first-order valence-electron chi connectivity index (χ1n) is 5.08. The number of alkyl halides is 1. The number of benzene rings is 1. The van der Waals surface area contributed by atoms with Gasteiger partial charge in [-0.1, -0.05) is 23.7 Å². The van der Waals surface area contributed by atoms with E-state index in [9.17, 15) is 9.18 Å². The summed E-state index contributed by atoms with van der Waals surface area (Å²) in [6.07, 6.45) is 2.11. The average Bonchev–Trinajstić information content (AvgIpc) is 2.29. The van der Waals surface area contributed by atoms with Gasteiger partial charge in [-0.2, -0.15) is 0 Å². The van der Waals surface area contributed by atoms with Gasteiger partial charge in [-0.15, -0.1) is 11.6 Å². The number of hydrogen-bond donors (Lipinski definition) is 0. The second-order valence-corrected chi connectivity index (χ2v) is 4.72. The number of amides is 1. The number of rotatable bonds is 1. The number of halogens is 3. The molecule has 0 aliphatic carbocycles. The summed E-state index contributed by atoms with van der Waals surface area (Å²) >= 11 is 11.8. The Hall–Kier alpha value is -1.06. The fourth-order valence-electron chi connectivity index (χ4n) is 1.79. The maximum atomic E-state index is 13.7. The van der Waals surface area contributed by atoms with Crippen LogP contribution in [0.1, 0.15) is 12.0 Å². The molecule has 0 saturated carbocycles. The minimum atomic E-state index is -0.589. The average molecular weight is 274 g/mol. The summed E-state index contributed by atoms with van der Waals surface area (Å²) in [5.41, 5.74) is 0.712. The fraction of sp³-hybridized carbons (Fsp3) is 0.250. The second-order valence-electron chi connectivity index (χ2n) is 3.79. The first kappa shape index (κ1) is 12.4. The van der Waals surface area contributed by atoms with Crippen molar-refractivity contribution in [3.8, 4) is 0 Å². The molecule has 1 aromatic carbocycles. The molecule has 0 fully saturated rings. The quantitative estimate of drug-likeness (QED) is 0.719. The minimum absolute atomic E-state index is 0.244. The molecule has 1 amide bonds. The normalized spacial score (nSPS) is 20.5. The standard InChI is InChI=1S/C12H10Cl2FNO/c1-16-10(6-5-8(14)12(16)17)11-7(13)3-2-4-9(11)15/h2-4,6,8H,5H2,1H3. The van der Waals surface area contributed by atoms with Crippen LogP contribution in [0.15, 0.2) is 24.3 Å². The molecule has 0 aromatic heterocycles. The SMILES string of the molecule is CN1C(=O)C(Cl)CC=C1c1c(F)cccc1Cl. The maximum Gasteiger partial charge on any atom is 0.245 e. The lowest BCUT2D eigenvalue weighted by Crippen LogP contribution is -2.35. The summed E-state index contributed by atoms with van der Waals surface area (Å²) in [7, 11) is 1.56. The van der Waals surface area contributed by atoms with Crippen molar-refractivity contribution in [3.05, 3.63) is 40.7 Å². The van der Waals surface area contributed by atoms with Gasteiger partial charge in [0.15, 0.2) is 0 Å². The summed E-state index contributed by atoms with van der Waals surface area (Å²) < 4.78 is 13.7. The van der Waals surface area contributed by atoms with E-state index in [1.54, 1.807) is 19.2 Å². The lowest BCUT2D eigenvalue weighted by atomic mass is 10.0. The van der Waals surface area contributed by atoms with Gasteiger partial charge in [-0.05, 0) is 18.6 Å². The van der Waals surface area contributed by atoms with Crippen LogP contribution in [-0.4, -0.2) is 23.2 Å². The van der Waals surface area contributed by atoms with Crippen LogP contribution >= 0.6 is 23.2 Å². The van der Waals surface area contributed by atoms with Gasteiger partial charge < -0.3 is 4.90 Å². The predicted octanol–water partition coefficient (Wildman–Crippen LogP) is 3.29. The van der Waals surface area contributed by atoms with Gasteiger partial charge in [0, 0.05) is 7.05 Å². The van der Waals surface area contributed by atoms with Crippen LogP contribution in [0.4, 0.5) is 4.39 Å². The predicted molar refractivity (Wildman–Crippen MR) is 66.4 cm³/mol. The van der Waals surface area contributed by atoms with Crippen molar-refractivity contribution in [2.75, 3.05) is 7.05 Å². The fourth-order valence-corrected chi connectivity index (χ4v) is 2.29. The topological polar surface area (TPSA) is 20.3 Å². The van der Waals surface area contributed by atoms with E-state index >= 15 is 0 Å². The molecular formula is C12H10Cl2FNO. The van der Waals surface area contributed by atoms with Crippen molar-refractivity contribution in [1.82, 2.24) is 4.90 Å². The third kappa shape index (κ3) is 2.17. The Bertz CT molecular complexity index is 481. The Morgan fingerprint density at radius 2 is 2.18 bits per heavy atom. The van der Waals surface area contributed by atoms with E-state index in [-0.39, 0.29) is 16.5 Å². The van der Waals surface area contributed by atoms with Gasteiger partial charge in [-0.25, -0.2) is 4.39 Å². The second kappa shape index (κ2) is 4.67. The third-order valence-electron chi connectivity index (χ3n) is 2.70. The van der Waals surface area contributed by atoms with Crippen molar-refractivity contribution in [1.29, 1.82) is 0 Å². The van der Waals surface area contributed by atoms with E-state index in [2.05, 4.69) is 0 Å². The van der Waals surface area contributed by atoms with E-state index in [4.69, 9.17) is 23.2 Å². The summed E-state index contributed by atoms with van der Waals surface area (Å²) in [5.74, 6) is -0.695. The Labute approximate surface area is 109 Å². The first-order valence-corrected chi connectivity index (χ1v) is 5.90. The van der Waals surface area contributed by atoms with Crippen molar-refractivity contribution >= 4 is 34.8 Å². The number of carbonyl (C=O) groups is 1. The monoisotopic (exact) mass is 273 g/mol. The van der Waals surface area contributed by atoms with Crippen LogP contribution in [0.2, 0.25) is 5.02 Å². The molecule has 1 heterocycles. The van der Waals surface area contributed by atoms with Crippen LogP contribution in [0.5, 0.6) is 0 Å². The zero-order valence-electron chi connectivity index (χ0n) is 9.08. The van der Waals surface area contributed by atoms with E-state index in [0.29, 0.717) is 12.1 Å². The smallest absolute Gasteiger partial charge is 0.245 e. The lowest BCUT2D eigenvalue weighted by Gasteiger charge is -2.28. The third-order valence-corrected chi connectivity index (χ3v) is 3.38. The molecule has 1 aliphatic rings. The summed E-state index contributed by atoms with van der Waals surface area (Å²) in [6, 6.07) is 4.43. The van der Waals surface area contributed by atoms with Crippen LogP contribution < -0.4 is 0 Å². The van der Waals surface area contributed by atoms with Gasteiger partial charge >= 0.3 is 0 Å². The van der Waals surface area contributed by atoms with E-state index in [0.717, 1.165) is 0 Å². The molecule has 1 aromatic rings. The minimum Gasteiger partial charge on any atom is -0.314 e. The van der Waals surface area contributed by atoms with Gasteiger partial charge in [-0.3, -0.25) is 4.79 Å². The molecule has 2 nitrogen and oxygen atoms in total. The molecule has 1 aliphatic heterocycles. The highest BCUT2D eigenvalue weighted by Gasteiger charge is 2.28. The molecule has 90 valence electrons. The molecule has 0 radical (unpaired) electrons. The van der Waals surface area contributed by atoms with Gasteiger partial charge in [0.1, 0.15) is 11.2 Å². The molecule has 1 unspecified atom stereocenters. The molecule has 0 N–H and O–H groups in total. The molecule has 0 saturated heterocycles. The summed E-state index contributed by atoms with van der Waals surface area (Å²) in [4.78, 5) is 13.1. The Morgan fingerprint density at radius 3 is 2.82 bits per heavy atom. The van der Waals surface area contributed by atoms with Crippen molar-refractivity contribution in [2.45, 2.75) is 11.8 Å². The van der Waals surface area contributed by atoms with E-state index in [1.807, 2.05) is 0 Å². The Balaban J connectivity index is 2.51. The maximum absolute atomic E-state index is 13.7. The highest BCUT2D eigenvalue weighted by atomic mass is 35.5. The highest BCUT2D eigenvalue weighted by molar-refractivity contribution is 6.33. The number of carbonyl (C=O) groups excluding carboxylic acids is 1. The van der Waals surface area contributed by atoms with Crippen LogP contribution in [-0.2, 0) is 4.79 Å². The number of nitrogens with zero attached hydrogens (tertiary/aromatic N) is 1. The van der Waals surface area contributed by atoms with Crippen molar-refractivity contribution in [3.63, 3.8) is 0 Å². The van der Waals surface area contributed by atoms with Crippen LogP contribution in [0, 0.1) is 5.82 Å². The molecule has 17 heavy (non-hydrogen) atoms. The van der Waals surface area contributed by atoms with Crippen molar-refractivity contribution < 1.29 is 9.18 Å². The van der Waals surface area contributed by atoms with E-state index in [1.165, 1.54) is 17.0 Å². The summed E-state index contributed by atoms with van der Waals surface area (Å²) in [6.45, 7) is 0. The van der Waals surface area contributed by atoms with E-state index < -0.39 is 11.2 Å². The zero-order chi connectivity index (χ0) is 12.6.